The van der Waals surface area contributed by atoms with Crippen LogP contribution in [0.15, 0.2) is 24.3 Å². The van der Waals surface area contributed by atoms with E-state index in [1.165, 1.54) is 11.3 Å². The van der Waals surface area contributed by atoms with Gasteiger partial charge in [0.15, 0.2) is 0 Å². The highest BCUT2D eigenvalue weighted by Gasteiger charge is 2.07. The van der Waals surface area contributed by atoms with E-state index in [1.807, 2.05) is 12.1 Å². The molecule has 0 atom stereocenters. The second-order valence-electron chi connectivity index (χ2n) is 3.32. The number of carbonyl (C=O) groups excluding carboxylic acids is 1. The van der Waals surface area contributed by atoms with Gasteiger partial charge in [-0.3, -0.25) is 4.79 Å². The smallest absolute Gasteiger partial charge is 0.251 e. The number of rotatable bonds is 3. The highest BCUT2D eigenvalue weighted by Crippen LogP contribution is 2.25. The van der Waals surface area contributed by atoms with E-state index in [-0.39, 0.29) is 5.91 Å². The van der Waals surface area contributed by atoms with Gasteiger partial charge in [-0.25, -0.2) is 0 Å². The van der Waals surface area contributed by atoms with Crippen molar-refractivity contribution in [3.63, 3.8) is 0 Å². The van der Waals surface area contributed by atoms with Crippen molar-refractivity contribution in [3.8, 4) is 10.6 Å². The summed E-state index contributed by atoms with van der Waals surface area (Å²) >= 11 is 1.47. The van der Waals surface area contributed by atoms with Gasteiger partial charge in [-0.1, -0.05) is 23.5 Å². The lowest BCUT2D eigenvalue weighted by Crippen LogP contribution is -2.17. The lowest BCUT2D eigenvalue weighted by atomic mass is 10.1. The summed E-state index contributed by atoms with van der Waals surface area (Å²) < 4.78 is 0. The number of carbonyl (C=O) groups is 1. The highest BCUT2D eigenvalue weighted by atomic mass is 32.1. The van der Waals surface area contributed by atoms with Gasteiger partial charge in [-0.05, 0) is 12.1 Å². The van der Waals surface area contributed by atoms with Crippen molar-refractivity contribution in [1.82, 2.24) is 15.5 Å². The van der Waals surface area contributed by atoms with Crippen LogP contribution in [-0.4, -0.2) is 30.2 Å². The molecule has 0 bridgehead atoms. The van der Waals surface area contributed by atoms with Crippen LogP contribution in [0.2, 0.25) is 0 Å². The Hall–Kier alpha value is -1.95. The highest BCUT2D eigenvalue weighted by molar-refractivity contribution is 7.18. The van der Waals surface area contributed by atoms with Gasteiger partial charge in [-0.2, -0.15) is 0 Å². The quantitative estimate of drug-likeness (QED) is 0.866. The van der Waals surface area contributed by atoms with Crippen molar-refractivity contribution >= 4 is 22.4 Å². The Morgan fingerprint density at radius 1 is 1.18 bits per heavy atom. The van der Waals surface area contributed by atoms with Crippen LogP contribution in [0.25, 0.3) is 10.6 Å². The van der Waals surface area contributed by atoms with Gasteiger partial charge in [0.2, 0.25) is 5.13 Å². The predicted molar refractivity (Wildman–Crippen MR) is 68.3 cm³/mol. The second kappa shape index (κ2) is 4.92. The van der Waals surface area contributed by atoms with E-state index in [4.69, 9.17) is 0 Å². The summed E-state index contributed by atoms with van der Waals surface area (Å²) in [6, 6.07) is 7.28. The van der Waals surface area contributed by atoms with E-state index < -0.39 is 0 Å². The SMILES string of the molecule is CNC(=O)c1ccc(-c2nnc(NC)s2)cc1. The Morgan fingerprint density at radius 3 is 2.41 bits per heavy atom. The molecule has 0 aliphatic heterocycles. The summed E-state index contributed by atoms with van der Waals surface area (Å²) in [5.41, 5.74) is 1.59. The summed E-state index contributed by atoms with van der Waals surface area (Å²) in [5.74, 6) is -0.0928. The molecule has 0 fully saturated rings. The average Bonchev–Trinajstić information content (AvgIpc) is 2.87. The maximum atomic E-state index is 11.4. The third-order valence-electron chi connectivity index (χ3n) is 2.26. The van der Waals surface area contributed by atoms with Gasteiger partial charge in [0, 0.05) is 25.2 Å². The minimum atomic E-state index is -0.0928. The molecule has 0 unspecified atom stereocenters. The fourth-order valence-corrected chi connectivity index (χ4v) is 2.05. The standard InChI is InChI=1S/C11H12N4OS/c1-12-9(16)7-3-5-8(6-4-7)10-14-15-11(13-2)17-10/h3-6H,1-2H3,(H,12,16)(H,13,15). The average molecular weight is 248 g/mol. The predicted octanol–water partition coefficient (Wildman–Crippen LogP) is 1.61. The van der Waals surface area contributed by atoms with Crippen LogP contribution < -0.4 is 10.6 Å². The van der Waals surface area contributed by atoms with Gasteiger partial charge in [-0.15, -0.1) is 10.2 Å². The number of hydrogen-bond donors (Lipinski definition) is 2. The molecule has 0 aliphatic rings. The lowest BCUT2D eigenvalue weighted by molar-refractivity contribution is 0.0963. The van der Waals surface area contributed by atoms with Gasteiger partial charge < -0.3 is 10.6 Å². The molecule has 2 rings (SSSR count). The van der Waals surface area contributed by atoms with E-state index >= 15 is 0 Å². The topological polar surface area (TPSA) is 66.9 Å². The number of amides is 1. The number of aromatic nitrogens is 2. The molecule has 0 saturated heterocycles. The maximum Gasteiger partial charge on any atom is 0.251 e. The number of hydrogen-bond acceptors (Lipinski definition) is 5. The third-order valence-corrected chi connectivity index (χ3v) is 3.25. The van der Waals surface area contributed by atoms with E-state index in [0.29, 0.717) is 5.56 Å². The first-order chi connectivity index (χ1) is 8.24. The Bertz CT molecular complexity index is 521. The molecule has 1 heterocycles. The van der Waals surface area contributed by atoms with Crippen LogP contribution in [0.5, 0.6) is 0 Å². The van der Waals surface area contributed by atoms with Crippen LogP contribution in [0.1, 0.15) is 10.4 Å². The number of benzene rings is 1. The molecule has 88 valence electrons. The van der Waals surface area contributed by atoms with Gasteiger partial charge in [0.05, 0.1) is 0 Å². The van der Waals surface area contributed by atoms with Crippen molar-refractivity contribution < 1.29 is 4.79 Å². The molecule has 0 aliphatic carbocycles. The lowest BCUT2D eigenvalue weighted by Gasteiger charge is -2.00. The summed E-state index contributed by atoms with van der Waals surface area (Å²) in [7, 11) is 3.42. The molecular formula is C11H12N4OS. The summed E-state index contributed by atoms with van der Waals surface area (Å²) in [6.45, 7) is 0. The molecule has 2 aromatic rings. The van der Waals surface area contributed by atoms with Crippen LogP contribution in [-0.2, 0) is 0 Å². The molecule has 17 heavy (non-hydrogen) atoms. The van der Waals surface area contributed by atoms with Crippen molar-refractivity contribution in [2.45, 2.75) is 0 Å². The fourth-order valence-electron chi connectivity index (χ4n) is 1.35. The molecule has 0 saturated carbocycles. The van der Waals surface area contributed by atoms with Crippen LogP contribution >= 0.6 is 11.3 Å². The molecule has 0 radical (unpaired) electrons. The Labute approximate surface area is 103 Å². The number of nitrogens with zero attached hydrogens (tertiary/aromatic N) is 2. The zero-order valence-corrected chi connectivity index (χ0v) is 10.3. The van der Waals surface area contributed by atoms with Gasteiger partial charge in [0.1, 0.15) is 5.01 Å². The summed E-state index contributed by atoms with van der Waals surface area (Å²) in [4.78, 5) is 11.4. The Morgan fingerprint density at radius 2 is 1.88 bits per heavy atom. The molecule has 1 aromatic carbocycles. The molecule has 5 nitrogen and oxygen atoms in total. The molecule has 1 aromatic heterocycles. The van der Waals surface area contributed by atoms with E-state index in [1.54, 1.807) is 26.2 Å². The van der Waals surface area contributed by atoms with Crippen LogP contribution in [0.3, 0.4) is 0 Å². The molecule has 2 N–H and O–H groups in total. The second-order valence-corrected chi connectivity index (χ2v) is 4.30. The molecule has 0 spiro atoms. The molecule has 1 amide bonds. The molecular weight excluding hydrogens is 236 g/mol. The third kappa shape index (κ3) is 2.42. The minimum absolute atomic E-state index is 0.0928. The summed E-state index contributed by atoms with van der Waals surface area (Å²) in [6.07, 6.45) is 0. The van der Waals surface area contributed by atoms with Crippen molar-refractivity contribution in [1.29, 1.82) is 0 Å². The normalized spacial score (nSPS) is 10.0. The minimum Gasteiger partial charge on any atom is -0.363 e. The first-order valence-corrected chi connectivity index (χ1v) is 5.90. The largest absolute Gasteiger partial charge is 0.363 e. The first kappa shape index (κ1) is 11.5. The maximum absolute atomic E-state index is 11.4. The Kier molecular flexibility index (Phi) is 3.34. The first-order valence-electron chi connectivity index (χ1n) is 5.08. The molecule has 6 heteroatoms. The van der Waals surface area contributed by atoms with Gasteiger partial charge in [0.25, 0.3) is 5.91 Å². The van der Waals surface area contributed by atoms with Crippen molar-refractivity contribution in [2.75, 3.05) is 19.4 Å². The van der Waals surface area contributed by atoms with Gasteiger partial charge >= 0.3 is 0 Å². The zero-order chi connectivity index (χ0) is 12.3. The van der Waals surface area contributed by atoms with E-state index in [9.17, 15) is 4.79 Å². The Balaban J connectivity index is 2.25. The van der Waals surface area contributed by atoms with E-state index in [0.717, 1.165) is 15.7 Å². The van der Waals surface area contributed by atoms with E-state index in [2.05, 4.69) is 20.8 Å². The zero-order valence-electron chi connectivity index (χ0n) is 9.52. The summed E-state index contributed by atoms with van der Waals surface area (Å²) in [5, 5.41) is 15.1. The van der Waals surface area contributed by atoms with Crippen molar-refractivity contribution in [3.05, 3.63) is 29.8 Å². The number of nitrogens with one attached hydrogen (secondary N) is 2. The monoisotopic (exact) mass is 248 g/mol. The fraction of sp³-hybridized carbons (Fsp3) is 0.182. The van der Waals surface area contributed by atoms with Crippen LogP contribution in [0, 0.1) is 0 Å². The van der Waals surface area contributed by atoms with Crippen molar-refractivity contribution in [2.24, 2.45) is 0 Å². The number of anilines is 1. The van der Waals surface area contributed by atoms with Crippen LogP contribution in [0.4, 0.5) is 5.13 Å².